The first-order valence-electron chi connectivity index (χ1n) is 8.94. The molecule has 6 rings (SSSR count). The zero-order valence-electron chi connectivity index (χ0n) is 15.2. The Morgan fingerprint density at radius 2 is 1.80 bits per heavy atom. The third-order valence-corrected chi connectivity index (χ3v) is 4.83. The number of furan rings is 1. The summed E-state index contributed by atoms with van der Waals surface area (Å²) in [4.78, 5) is 24.2. The van der Waals surface area contributed by atoms with Gasteiger partial charge in [-0.25, -0.2) is 19.3 Å². The zero-order valence-corrected chi connectivity index (χ0v) is 15.2. The molecule has 0 radical (unpaired) electrons. The molecule has 0 unspecified atom stereocenters. The van der Waals surface area contributed by atoms with E-state index in [-0.39, 0.29) is 11.1 Å². The van der Waals surface area contributed by atoms with Crippen LogP contribution in [0.3, 0.4) is 0 Å². The number of imidazole rings is 1. The summed E-state index contributed by atoms with van der Waals surface area (Å²) in [6.45, 7) is 0. The number of rotatable bonds is 3. The summed E-state index contributed by atoms with van der Waals surface area (Å²) in [7, 11) is 0. The van der Waals surface area contributed by atoms with Gasteiger partial charge in [-0.3, -0.25) is 15.1 Å². The van der Waals surface area contributed by atoms with E-state index < -0.39 is 5.82 Å². The minimum Gasteiger partial charge on any atom is -0.472 e. The second kappa shape index (κ2) is 6.27. The Kier molecular flexibility index (Phi) is 3.45. The number of hydrogen-bond donors (Lipinski definition) is 2. The number of hydrogen-bond acceptors (Lipinski definition) is 7. The monoisotopic (exact) mass is 398 g/mol. The molecule has 0 spiro atoms. The molecule has 0 amide bonds. The fraction of sp³-hybridized carbons (Fsp3) is 0. The van der Waals surface area contributed by atoms with Gasteiger partial charge in [-0.2, -0.15) is 5.10 Å². The second-order valence-corrected chi connectivity index (χ2v) is 6.59. The summed E-state index contributed by atoms with van der Waals surface area (Å²) >= 11 is 0. The van der Waals surface area contributed by atoms with Gasteiger partial charge in [0.1, 0.15) is 23.2 Å². The summed E-state index contributed by atoms with van der Waals surface area (Å²) in [6, 6.07) is 1.83. The summed E-state index contributed by atoms with van der Waals surface area (Å²) in [5.41, 5.74) is 4.44. The fourth-order valence-electron chi connectivity index (χ4n) is 3.44. The standard InChI is InChI=1S/C20H11FN8O/c21-16-15-13(7-25-17(16)11-3-23-9-24-4-11)28-29-19(15)20-26-14-6-22-5-12(18(14)27-20)10-1-2-30-8-10/h1-9H,(H,26,27)(H,28,29). The van der Waals surface area contributed by atoms with Crippen molar-refractivity contribution in [2.75, 3.05) is 0 Å². The van der Waals surface area contributed by atoms with Crippen molar-refractivity contribution in [1.82, 2.24) is 40.1 Å². The van der Waals surface area contributed by atoms with Crippen molar-refractivity contribution >= 4 is 21.9 Å². The number of halogens is 1. The number of aromatic amines is 2. The maximum Gasteiger partial charge on any atom is 0.161 e. The van der Waals surface area contributed by atoms with Crippen molar-refractivity contribution in [2.24, 2.45) is 0 Å². The highest BCUT2D eigenvalue weighted by atomic mass is 19.1. The normalized spacial score (nSPS) is 11.5. The molecule has 6 heterocycles. The van der Waals surface area contributed by atoms with Crippen molar-refractivity contribution in [2.45, 2.75) is 0 Å². The van der Waals surface area contributed by atoms with Gasteiger partial charge in [-0.05, 0) is 6.07 Å². The summed E-state index contributed by atoms with van der Waals surface area (Å²) in [6.07, 6.45) is 12.5. The Bertz CT molecular complexity index is 1500. The first-order valence-corrected chi connectivity index (χ1v) is 8.94. The molecule has 0 aromatic carbocycles. The molecule has 6 aromatic rings. The quantitative estimate of drug-likeness (QED) is 0.465. The Morgan fingerprint density at radius 1 is 0.900 bits per heavy atom. The van der Waals surface area contributed by atoms with Crippen LogP contribution in [0.25, 0.3) is 55.8 Å². The van der Waals surface area contributed by atoms with E-state index in [1.807, 2.05) is 6.07 Å². The van der Waals surface area contributed by atoms with Crippen molar-refractivity contribution in [3.05, 3.63) is 61.7 Å². The fourth-order valence-corrected chi connectivity index (χ4v) is 3.44. The van der Waals surface area contributed by atoms with Crippen LogP contribution in [0.4, 0.5) is 4.39 Å². The van der Waals surface area contributed by atoms with Crippen LogP contribution in [0.1, 0.15) is 0 Å². The number of H-pyrrole nitrogens is 2. The average molecular weight is 398 g/mol. The van der Waals surface area contributed by atoms with E-state index in [9.17, 15) is 0 Å². The summed E-state index contributed by atoms with van der Waals surface area (Å²) < 4.78 is 20.6. The third-order valence-electron chi connectivity index (χ3n) is 4.83. The van der Waals surface area contributed by atoms with E-state index in [1.165, 1.54) is 24.9 Å². The lowest BCUT2D eigenvalue weighted by atomic mass is 10.1. The van der Waals surface area contributed by atoms with Gasteiger partial charge in [0.25, 0.3) is 0 Å². The highest BCUT2D eigenvalue weighted by Gasteiger charge is 2.21. The Labute approximate surface area is 167 Å². The topological polar surface area (TPSA) is 122 Å². The van der Waals surface area contributed by atoms with Crippen molar-refractivity contribution in [3.8, 4) is 33.9 Å². The largest absolute Gasteiger partial charge is 0.472 e. The van der Waals surface area contributed by atoms with Crippen molar-refractivity contribution < 1.29 is 8.81 Å². The molecular weight excluding hydrogens is 387 g/mol. The van der Waals surface area contributed by atoms with Crippen LogP contribution >= 0.6 is 0 Å². The molecule has 9 nitrogen and oxygen atoms in total. The van der Waals surface area contributed by atoms with Gasteiger partial charge in [0, 0.05) is 35.3 Å². The van der Waals surface area contributed by atoms with Crippen LogP contribution in [0, 0.1) is 5.82 Å². The van der Waals surface area contributed by atoms with Crippen LogP contribution in [0.15, 0.2) is 60.3 Å². The Hall–Kier alpha value is -4.47. The molecule has 144 valence electrons. The maximum absolute atomic E-state index is 15.4. The van der Waals surface area contributed by atoms with Gasteiger partial charge >= 0.3 is 0 Å². The molecule has 0 saturated carbocycles. The van der Waals surface area contributed by atoms with Gasteiger partial charge in [-0.1, -0.05) is 0 Å². The third kappa shape index (κ3) is 2.40. The van der Waals surface area contributed by atoms with Crippen LogP contribution in [-0.4, -0.2) is 40.1 Å². The lowest BCUT2D eigenvalue weighted by Crippen LogP contribution is -1.93. The van der Waals surface area contributed by atoms with Crippen LogP contribution in [0.5, 0.6) is 0 Å². The van der Waals surface area contributed by atoms with Gasteiger partial charge in [-0.15, -0.1) is 0 Å². The first-order chi connectivity index (χ1) is 14.8. The van der Waals surface area contributed by atoms with Gasteiger partial charge < -0.3 is 9.40 Å². The molecule has 0 aliphatic heterocycles. The molecule has 2 N–H and O–H groups in total. The summed E-state index contributed by atoms with van der Waals surface area (Å²) in [5, 5.41) is 7.38. The minimum absolute atomic E-state index is 0.141. The molecular formula is C20H11FN8O. The van der Waals surface area contributed by atoms with E-state index in [0.29, 0.717) is 33.6 Å². The van der Waals surface area contributed by atoms with E-state index >= 15 is 4.39 Å². The van der Waals surface area contributed by atoms with Crippen LogP contribution in [-0.2, 0) is 0 Å². The lowest BCUT2D eigenvalue weighted by Gasteiger charge is -2.03. The number of fused-ring (bicyclic) bond motifs is 2. The van der Waals surface area contributed by atoms with Gasteiger partial charge in [0.15, 0.2) is 11.6 Å². The Morgan fingerprint density at radius 3 is 2.63 bits per heavy atom. The second-order valence-electron chi connectivity index (χ2n) is 6.59. The number of nitrogens with zero attached hydrogens (tertiary/aromatic N) is 6. The highest BCUT2D eigenvalue weighted by Crippen LogP contribution is 2.33. The van der Waals surface area contributed by atoms with Crippen molar-refractivity contribution in [1.29, 1.82) is 0 Å². The molecule has 0 fully saturated rings. The van der Waals surface area contributed by atoms with Gasteiger partial charge in [0.2, 0.25) is 0 Å². The van der Waals surface area contributed by atoms with E-state index in [1.54, 1.807) is 24.9 Å². The van der Waals surface area contributed by atoms with Crippen LogP contribution in [0.2, 0.25) is 0 Å². The first kappa shape index (κ1) is 16.5. The lowest BCUT2D eigenvalue weighted by molar-refractivity contribution is 0.568. The average Bonchev–Trinajstić information content (AvgIpc) is 3.53. The molecule has 6 aromatic heterocycles. The SMILES string of the molecule is Fc1c(-c2cncnc2)ncc2[nH]nc(-c3nc4c(-c5ccoc5)cncc4[nH]3)c12. The van der Waals surface area contributed by atoms with E-state index in [0.717, 1.165) is 11.1 Å². The molecule has 0 aliphatic carbocycles. The maximum atomic E-state index is 15.4. The zero-order chi connectivity index (χ0) is 20.1. The Balaban J connectivity index is 1.57. The predicted octanol–water partition coefficient (Wildman–Crippen LogP) is 3.75. The molecule has 0 aliphatic rings. The van der Waals surface area contributed by atoms with Crippen LogP contribution < -0.4 is 0 Å². The molecule has 0 atom stereocenters. The summed E-state index contributed by atoms with van der Waals surface area (Å²) in [5.74, 6) is -0.117. The molecule has 10 heteroatoms. The number of aromatic nitrogens is 8. The highest BCUT2D eigenvalue weighted by molar-refractivity contribution is 5.97. The predicted molar refractivity (Wildman–Crippen MR) is 105 cm³/mol. The minimum atomic E-state index is -0.528. The van der Waals surface area contributed by atoms with E-state index in [4.69, 9.17) is 4.42 Å². The van der Waals surface area contributed by atoms with Crippen molar-refractivity contribution in [3.63, 3.8) is 0 Å². The number of nitrogens with one attached hydrogen (secondary N) is 2. The smallest absolute Gasteiger partial charge is 0.161 e. The molecule has 0 bridgehead atoms. The van der Waals surface area contributed by atoms with Gasteiger partial charge in [0.05, 0.1) is 41.3 Å². The molecule has 30 heavy (non-hydrogen) atoms. The van der Waals surface area contributed by atoms with E-state index in [2.05, 4.69) is 40.1 Å². The number of pyridine rings is 2. The molecule has 0 saturated heterocycles.